The minimum atomic E-state index is 0.167. The van der Waals surface area contributed by atoms with Crippen molar-refractivity contribution in [2.75, 3.05) is 13.6 Å². The van der Waals surface area contributed by atoms with Crippen molar-refractivity contribution in [1.29, 1.82) is 0 Å². The fourth-order valence-electron chi connectivity index (χ4n) is 1.09. The number of nitrogens with zero attached hydrogens (tertiary/aromatic N) is 1. The average Bonchev–Trinajstić information content (AvgIpc) is 1.95. The molecule has 3 heteroatoms. The summed E-state index contributed by atoms with van der Waals surface area (Å²) in [5, 5.41) is 2.79. The second-order valence-electron chi connectivity index (χ2n) is 2.51. The molecule has 1 N–H and O–H groups in total. The van der Waals surface area contributed by atoms with Gasteiger partial charge in [-0.3, -0.25) is 4.79 Å². The number of amides is 1. The van der Waals surface area contributed by atoms with Gasteiger partial charge < -0.3 is 10.3 Å². The van der Waals surface area contributed by atoms with Crippen LogP contribution in [0.1, 0.15) is 12.8 Å². The highest BCUT2D eigenvalue weighted by molar-refractivity contribution is 5.78. The molecule has 1 rings (SSSR count). The lowest BCUT2D eigenvalue weighted by molar-refractivity contribution is -0.122. The Balaban J connectivity index is 2.32. The van der Waals surface area contributed by atoms with Crippen LogP contribution < -0.4 is 5.32 Å². The molecule has 1 aliphatic rings. The van der Waals surface area contributed by atoms with Crippen LogP contribution in [-0.4, -0.2) is 25.7 Å². The highest BCUT2D eigenvalue weighted by Gasteiger charge is 2.14. The van der Waals surface area contributed by atoms with Crippen molar-refractivity contribution in [3.63, 3.8) is 0 Å². The highest BCUT2D eigenvalue weighted by atomic mass is 16.1. The molecule has 0 radical (unpaired) electrons. The molecule has 0 bridgehead atoms. The van der Waals surface area contributed by atoms with Gasteiger partial charge in [-0.25, -0.2) is 0 Å². The van der Waals surface area contributed by atoms with E-state index in [1.54, 1.807) is 7.05 Å². The molecule has 10 heavy (non-hydrogen) atoms. The predicted octanol–water partition coefficient (Wildman–Crippen LogP) is 0.213. The van der Waals surface area contributed by atoms with Crippen molar-refractivity contribution in [2.24, 2.45) is 10.9 Å². The fourth-order valence-corrected chi connectivity index (χ4v) is 1.09. The Bertz CT molecular complexity index is 144. The van der Waals surface area contributed by atoms with Crippen LogP contribution in [0.15, 0.2) is 4.99 Å². The third kappa shape index (κ3) is 1.83. The lowest BCUT2D eigenvalue weighted by Gasteiger charge is -2.17. The number of piperidine rings is 1. The second-order valence-corrected chi connectivity index (χ2v) is 2.51. The van der Waals surface area contributed by atoms with Gasteiger partial charge in [-0.15, -0.1) is 0 Å². The summed E-state index contributed by atoms with van der Waals surface area (Å²) in [7, 11) is 1.76. The first-order chi connectivity index (χ1) is 4.83. The van der Waals surface area contributed by atoms with E-state index in [1.807, 2.05) is 6.21 Å². The van der Waals surface area contributed by atoms with Gasteiger partial charge in [0.1, 0.15) is 0 Å². The third-order valence-corrected chi connectivity index (χ3v) is 1.66. The molecule has 3 nitrogen and oxygen atoms in total. The van der Waals surface area contributed by atoms with Gasteiger partial charge in [0.2, 0.25) is 5.91 Å². The molecule has 1 saturated heterocycles. The normalized spacial score (nSPS) is 26.9. The van der Waals surface area contributed by atoms with Crippen molar-refractivity contribution < 1.29 is 4.79 Å². The summed E-state index contributed by atoms with van der Waals surface area (Å²) in [5.74, 6) is 0.628. The van der Waals surface area contributed by atoms with Crippen molar-refractivity contribution in [3.05, 3.63) is 0 Å². The van der Waals surface area contributed by atoms with E-state index < -0.39 is 0 Å². The SMILES string of the molecule is C/N=C/C1CCC(=O)NC1. The second kappa shape index (κ2) is 3.34. The van der Waals surface area contributed by atoms with Crippen LogP contribution in [0.25, 0.3) is 0 Å². The maximum Gasteiger partial charge on any atom is 0.220 e. The zero-order chi connectivity index (χ0) is 7.40. The summed E-state index contributed by atoms with van der Waals surface area (Å²) in [6.45, 7) is 0.760. The number of carbonyl (C=O) groups is 1. The summed E-state index contributed by atoms with van der Waals surface area (Å²) < 4.78 is 0. The van der Waals surface area contributed by atoms with E-state index in [4.69, 9.17) is 0 Å². The van der Waals surface area contributed by atoms with Crippen LogP contribution in [0.4, 0.5) is 0 Å². The summed E-state index contributed by atoms with van der Waals surface area (Å²) >= 11 is 0. The van der Waals surface area contributed by atoms with Crippen molar-refractivity contribution in [3.8, 4) is 0 Å². The number of carbonyl (C=O) groups excluding carboxylic acids is 1. The first-order valence-electron chi connectivity index (χ1n) is 3.52. The molecule has 1 amide bonds. The Labute approximate surface area is 60.5 Å². The first-order valence-corrected chi connectivity index (χ1v) is 3.52. The van der Waals surface area contributed by atoms with E-state index in [0.717, 1.165) is 13.0 Å². The van der Waals surface area contributed by atoms with E-state index >= 15 is 0 Å². The summed E-state index contributed by atoms with van der Waals surface area (Å²) in [5.41, 5.74) is 0. The van der Waals surface area contributed by atoms with Crippen molar-refractivity contribution >= 4 is 12.1 Å². The van der Waals surface area contributed by atoms with Gasteiger partial charge in [0.25, 0.3) is 0 Å². The largest absolute Gasteiger partial charge is 0.355 e. The molecule has 0 spiro atoms. The first kappa shape index (κ1) is 7.25. The highest BCUT2D eigenvalue weighted by Crippen LogP contribution is 2.07. The number of hydrogen-bond acceptors (Lipinski definition) is 2. The fraction of sp³-hybridized carbons (Fsp3) is 0.714. The quantitative estimate of drug-likeness (QED) is 0.520. The maximum absolute atomic E-state index is 10.7. The third-order valence-electron chi connectivity index (χ3n) is 1.66. The van der Waals surface area contributed by atoms with E-state index in [0.29, 0.717) is 12.3 Å². The number of hydrogen-bond donors (Lipinski definition) is 1. The smallest absolute Gasteiger partial charge is 0.220 e. The molecule has 56 valence electrons. The molecule has 0 saturated carbocycles. The zero-order valence-corrected chi connectivity index (χ0v) is 6.13. The van der Waals surface area contributed by atoms with E-state index in [2.05, 4.69) is 10.3 Å². The lowest BCUT2D eigenvalue weighted by Crippen LogP contribution is -2.35. The van der Waals surface area contributed by atoms with Crippen LogP contribution >= 0.6 is 0 Å². The minimum absolute atomic E-state index is 0.167. The summed E-state index contributed by atoms with van der Waals surface area (Å²) in [6, 6.07) is 0. The topological polar surface area (TPSA) is 41.5 Å². The Kier molecular flexibility index (Phi) is 2.42. The molecule has 0 aliphatic carbocycles. The van der Waals surface area contributed by atoms with Crippen molar-refractivity contribution in [1.82, 2.24) is 5.32 Å². The average molecular weight is 140 g/mol. The van der Waals surface area contributed by atoms with Crippen LogP contribution in [0.3, 0.4) is 0 Å². The molecule has 0 aromatic heterocycles. The van der Waals surface area contributed by atoms with E-state index in [9.17, 15) is 4.79 Å². The van der Waals surface area contributed by atoms with Gasteiger partial charge in [0.15, 0.2) is 0 Å². The molecular formula is C7H12N2O. The number of aliphatic imine (C=N–C) groups is 1. The van der Waals surface area contributed by atoms with Crippen LogP contribution in [0.5, 0.6) is 0 Å². The standard InChI is InChI=1S/C7H12N2O/c1-8-4-6-2-3-7(10)9-5-6/h4,6H,2-3,5H2,1H3,(H,9,10)/b8-4+. The van der Waals surface area contributed by atoms with E-state index in [-0.39, 0.29) is 5.91 Å². The molecule has 1 atom stereocenters. The van der Waals surface area contributed by atoms with E-state index in [1.165, 1.54) is 0 Å². The predicted molar refractivity (Wildman–Crippen MR) is 40.1 cm³/mol. The van der Waals surface area contributed by atoms with Crippen LogP contribution in [0.2, 0.25) is 0 Å². The van der Waals surface area contributed by atoms with Crippen LogP contribution in [-0.2, 0) is 4.79 Å². The molecular weight excluding hydrogens is 128 g/mol. The molecule has 0 aromatic carbocycles. The van der Waals surface area contributed by atoms with Gasteiger partial charge in [0, 0.05) is 32.1 Å². The van der Waals surface area contributed by atoms with Gasteiger partial charge in [-0.05, 0) is 6.42 Å². The van der Waals surface area contributed by atoms with Gasteiger partial charge >= 0.3 is 0 Å². The van der Waals surface area contributed by atoms with Gasteiger partial charge in [-0.1, -0.05) is 0 Å². The van der Waals surface area contributed by atoms with Gasteiger partial charge in [0.05, 0.1) is 0 Å². The Morgan fingerprint density at radius 1 is 1.80 bits per heavy atom. The summed E-state index contributed by atoms with van der Waals surface area (Å²) in [4.78, 5) is 14.6. The van der Waals surface area contributed by atoms with Gasteiger partial charge in [-0.2, -0.15) is 0 Å². The molecule has 1 fully saturated rings. The Morgan fingerprint density at radius 3 is 3.10 bits per heavy atom. The molecule has 0 aromatic rings. The maximum atomic E-state index is 10.7. The summed E-state index contributed by atoms with van der Waals surface area (Å²) in [6.07, 6.45) is 3.50. The van der Waals surface area contributed by atoms with Crippen LogP contribution in [0, 0.1) is 5.92 Å². The molecule has 1 unspecified atom stereocenters. The number of nitrogens with one attached hydrogen (secondary N) is 1. The minimum Gasteiger partial charge on any atom is -0.355 e. The lowest BCUT2D eigenvalue weighted by atomic mass is 10.0. The molecule has 1 aliphatic heterocycles. The Hall–Kier alpha value is -0.860. The Morgan fingerprint density at radius 2 is 2.60 bits per heavy atom. The monoisotopic (exact) mass is 140 g/mol. The van der Waals surface area contributed by atoms with Crippen molar-refractivity contribution in [2.45, 2.75) is 12.8 Å². The number of rotatable bonds is 1. The molecule has 1 heterocycles. The zero-order valence-electron chi connectivity index (χ0n) is 6.13.